The molecule has 0 aromatic carbocycles. The lowest BCUT2D eigenvalue weighted by Crippen LogP contribution is -2.33. The summed E-state index contributed by atoms with van der Waals surface area (Å²) in [6.45, 7) is 5.46. The molecular formula is C22H18N4O2S. The maximum Gasteiger partial charge on any atom is 0.261 e. The number of nitriles is 1. The minimum Gasteiger partial charge on any atom is -0.274 e. The first-order chi connectivity index (χ1) is 14.0. The van der Waals surface area contributed by atoms with E-state index in [0.29, 0.717) is 28.1 Å². The number of carbonyl (C=O) groups is 2. The molecule has 3 rings (SSSR count). The van der Waals surface area contributed by atoms with Crippen LogP contribution in [0.25, 0.3) is 11.6 Å². The summed E-state index contributed by atoms with van der Waals surface area (Å²) >= 11 is 1.36. The summed E-state index contributed by atoms with van der Waals surface area (Å²) in [5.74, 6) is -0.596. The van der Waals surface area contributed by atoms with Crippen molar-refractivity contribution in [1.82, 2.24) is 14.9 Å². The van der Waals surface area contributed by atoms with Gasteiger partial charge in [-0.15, -0.1) is 11.3 Å². The molecular weight excluding hydrogens is 384 g/mol. The molecule has 1 aliphatic rings. The number of imide groups is 1. The van der Waals surface area contributed by atoms with Gasteiger partial charge in [-0.1, -0.05) is 18.7 Å². The number of hydrogen-bond donors (Lipinski definition) is 0. The van der Waals surface area contributed by atoms with Crippen molar-refractivity contribution >= 4 is 34.8 Å². The van der Waals surface area contributed by atoms with Crippen molar-refractivity contribution in [2.45, 2.75) is 13.3 Å². The highest BCUT2D eigenvalue weighted by molar-refractivity contribution is 7.11. The molecule has 0 saturated heterocycles. The Morgan fingerprint density at radius 3 is 2.76 bits per heavy atom. The highest BCUT2D eigenvalue weighted by atomic mass is 32.1. The van der Waals surface area contributed by atoms with Gasteiger partial charge in [-0.2, -0.15) is 5.26 Å². The van der Waals surface area contributed by atoms with Crippen molar-refractivity contribution in [3.63, 3.8) is 0 Å². The van der Waals surface area contributed by atoms with Crippen LogP contribution in [-0.4, -0.2) is 33.2 Å². The number of pyridine rings is 1. The Kier molecular flexibility index (Phi) is 6.27. The minimum absolute atomic E-state index is 0.236. The van der Waals surface area contributed by atoms with E-state index in [2.05, 4.69) is 22.6 Å². The van der Waals surface area contributed by atoms with Gasteiger partial charge in [-0.05, 0) is 36.8 Å². The summed E-state index contributed by atoms with van der Waals surface area (Å²) in [5, 5.41) is 11.9. The van der Waals surface area contributed by atoms with Gasteiger partial charge in [0.05, 0.1) is 11.3 Å². The Bertz CT molecular complexity index is 1090. The highest BCUT2D eigenvalue weighted by Crippen LogP contribution is 2.24. The molecule has 0 saturated carbocycles. The molecule has 0 bridgehead atoms. The lowest BCUT2D eigenvalue weighted by Gasteiger charge is -2.13. The summed E-state index contributed by atoms with van der Waals surface area (Å²) in [6, 6.07) is 5.79. The number of carbonyl (C=O) groups excluding carboxylic acids is 2. The predicted molar refractivity (Wildman–Crippen MR) is 112 cm³/mol. The Morgan fingerprint density at radius 1 is 1.31 bits per heavy atom. The molecule has 0 fully saturated rings. The van der Waals surface area contributed by atoms with Crippen molar-refractivity contribution in [3.8, 4) is 6.07 Å². The Hall–Kier alpha value is -3.63. The van der Waals surface area contributed by atoms with Gasteiger partial charge in [0.15, 0.2) is 0 Å². The van der Waals surface area contributed by atoms with Gasteiger partial charge in [0.1, 0.15) is 11.1 Å². The van der Waals surface area contributed by atoms with E-state index in [-0.39, 0.29) is 18.4 Å². The highest BCUT2D eigenvalue weighted by Gasteiger charge is 2.34. The van der Waals surface area contributed by atoms with Gasteiger partial charge in [0.2, 0.25) is 0 Å². The third kappa shape index (κ3) is 4.45. The zero-order valence-corrected chi connectivity index (χ0v) is 16.6. The van der Waals surface area contributed by atoms with Crippen molar-refractivity contribution in [2.75, 3.05) is 6.54 Å². The van der Waals surface area contributed by atoms with Crippen molar-refractivity contribution < 1.29 is 9.59 Å². The fourth-order valence-electron chi connectivity index (χ4n) is 2.82. The second-order valence-corrected chi connectivity index (χ2v) is 7.10. The van der Waals surface area contributed by atoms with E-state index in [4.69, 9.17) is 0 Å². The van der Waals surface area contributed by atoms with E-state index in [9.17, 15) is 14.9 Å². The summed E-state index contributed by atoms with van der Waals surface area (Å²) in [5.41, 5.74) is 2.87. The Balaban J connectivity index is 1.70. The normalized spacial score (nSPS) is 14.8. The van der Waals surface area contributed by atoms with Crippen LogP contribution in [0.3, 0.4) is 0 Å². The largest absolute Gasteiger partial charge is 0.274 e. The molecule has 0 spiro atoms. The first kappa shape index (κ1) is 20.1. The average molecular weight is 402 g/mol. The number of rotatable bonds is 7. The molecule has 0 atom stereocenters. The topological polar surface area (TPSA) is 86.9 Å². The second-order valence-electron chi connectivity index (χ2n) is 6.24. The molecule has 3 heterocycles. The van der Waals surface area contributed by atoms with Crippen LogP contribution in [0, 0.1) is 11.3 Å². The number of thiazole rings is 1. The fourth-order valence-corrected chi connectivity index (χ4v) is 3.64. The molecule has 0 N–H and O–H groups in total. The van der Waals surface area contributed by atoms with Crippen LogP contribution in [0.5, 0.6) is 0 Å². The first-order valence-corrected chi connectivity index (χ1v) is 9.76. The van der Waals surface area contributed by atoms with Crippen molar-refractivity contribution in [3.05, 3.63) is 82.1 Å². The quantitative estimate of drug-likeness (QED) is 0.401. The molecule has 6 nitrogen and oxygen atoms in total. The number of amides is 2. The third-order valence-corrected chi connectivity index (χ3v) is 5.28. The van der Waals surface area contributed by atoms with Crippen LogP contribution in [0.2, 0.25) is 0 Å². The summed E-state index contributed by atoms with van der Waals surface area (Å²) in [4.78, 5) is 34.6. The van der Waals surface area contributed by atoms with Crippen LogP contribution in [0.15, 0.2) is 65.9 Å². The van der Waals surface area contributed by atoms with Gasteiger partial charge in [-0.25, -0.2) is 4.98 Å². The smallest absolute Gasteiger partial charge is 0.261 e. The van der Waals surface area contributed by atoms with Crippen molar-refractivity contribution in [2.24, 2.45) is 0 Å². The standard InChI is InChI=1S/C22H18N4O2S/c1-3-4-5-19-15(2)21(27)26(22(19)28)11-8-18-14-29-20(25-18)17(13-23)12-16-6-9-24-10-7-16/h3-7,9-10,12,14H,1,8,11H2,2H3/b5-4-,17-12+. The Morgan fingerprint density at radius 2 is 2.07 bits per heavy atom. The maximum absolute atomic E-state index is 12.5. The van der Waals surface area contributed by atoms with Crippen LogP contribution in [0.4, 0.5) is 0 Å². The van der Waals surface area contributed by atoms with Crippen LogP contribution >= 0.6 is 11.3 Å². The van der Waals surface area contributed by atoms with E-state index in [1.807, 2.05) is 17.5 Å². The molecule has 2 aromatic rings. The zero-order chi connectivity index (χ0) is 20.8. The van der Waals surface area contributed by atoms with Gasteiger partial charge in [0, 0.05) is 41.9 Å². The van der Waals surface area contributed by atoms with Crippen LogP contribution in [0.1, 0.15) is 23.2 Å². The molecule has 0 aliphatic carbocycles. The van der Waals surface area contributed by atoms with Gasteiger partial charge >= 0.3 is 0 Å². The van der Waals surface area contributed by atoms with Gasteiger partial charge in [0.25, 0.3) is 11.8 Å². The number of hydrogen-bond acceptors (Lipinski definition) is 6. The van der Waals surface area contributed by atoms with Gasteiger partial charge in [-0.3, -0.25) is 19.5 Å². The molecule has 1 aliphatic heterocycles. The fraction of sp³-hybridized carbons (Fsp3) is 0.136. The first-order valence-electron chi connectivity index (χ1n) is 8.88. The third-order valence-electron chi connectivity index (χ3n) is 4.36. The zero-order valence-electron chi connectivity index (χ0n) is 15.8. The molecule has 29 heavy (non-hydrogen) atoms. The number of nitrogens with zero attached hydrogens (tertiary/aromatic N) is 4. The lowest BCUT2D eigenvalue weighted by atomic mass is 10.1. The number of allylic oxidation sites excluding steroid dienone is 3. The summed E-state index contributed by atoms with van der Waals surface area (Å²) < 4.78 is 0. The predicted octanol–water partition coefficient (Wildman–Crippen LogP) is 3.57. The maximum atomic E-state index is 12.5. The molecule has 7 heteroatoms. The van der Waals surface area contributed by atoms with Crippen molar-refractivity contribution in [1.29, 1.82) is 5.26 Å². The van der Waals surface area contributed by atoms with E-state index in [1.165, 1.54) is 16.2 Å². The molecule has 144 valence electrons. The summed E-state index contributed by atoms with van der Waals surface area (Å²) in [7, 11) is 0. The van der Waals surface area contributed by atoms with Crippen LogP contribution in [-0.2, 0) is 16.0 Å². The molecule has 0 unspecified atom stereocenters. The molecule has 0 radical (unpaired) electrons. The Labute approximate surface area is 172 Å². The van der Waals surface area contributed by atoms with E-state index in [0.717, 1.165) is 11.3 Å². The number of aromatic nitrogens is 2. The van der Waals surface area contributed by atoms with E-state index < -0.39 is 0 Å². The minimum atomic E-state index is -0.309. The SMILES string of the molecule is C=C/C=C\C1=C(C)C(=O)N(CCc2csc(/C(C#N)=C/c3ccncc3)n2)C1=O. The summed E-state index contributed by atoms with van der Waals surface area (Å²) in [6.07, 6.45) is 10.3. The molecule has 2 aromatic heterocycles. The van der Waals surface area contributed by atoms with Gasteiger partial charge < -0.3 is 0 Å². The van der Waals surface area contributed by atoms with Crippen LogP contribution < -0.4 is 0 Å². The van der Waals surface area contributed by atoms with E-state index in [1.54, 1.807) is 43.6 Å². The monoisotopic (exact) mass is 402 g/mol. The lowest BCUT2D eigenvalue weighted by molar-refractivity contribution is -0.137. The van der Waals surface area contributed by atoms with E-state index >= 15 is 0 Å². The molecule has 2 amide bonds. The average Bonchev–Trinajstić information content (AvgIpc) is 3.28. The second kappa shape index (κ2) is 9.04.